The van der Waals surface area contributed by atoms with E-state index in [2.05, 4.69) is 0 Å². The molecule has 0 aromatic heterocycles. The molecule has 0 fully saturated rings. The van der Waals surface area contributed by atoms with Gasteiger partial charge in [-0.3, -0.25) is 0 Å². The molecular formula is C24H61O12P4Pt+. The van der Waals surface area contributed by atoms with E-state index in [1.807, 2.05) is 83.1 Å². The van der Waals surface area contributed by atoms with Crippen LogP contribution < -0.4 is 0 Å². The van der Waals surface area contributed by atoms with Crippen LogP contribution in [-0.4, -0.2) is 79.3 Å². The molecule has 0 atom stereocenters. The summed E-state index contributed by atoms with van der Waals surface area (Å²) in [7, 11) is -4.58. The van der Waals surface area contributed by atoms with Crippen molar-refractivity contribution in [2.45, 2.75) is 83.1 Å². The monoisotopic (exact) mass is 860 g/mol. The van der Waals surface area contributed by atoms with Crippen LogP contribution in [-0.2, 0) is 75.4 Å². The Balaban J connectivity index is -0.000000139. The minimum absolute atomic E-state index is 0. The van der Waals surface area contributed by atoms with Gasteiger partial charge in [-0.15, -0.1) is 0 Å². The fourth-order valence-electron chi connectivity index (χ4n) is 1.76. The Kier molecular flexibility index (Phi) is 62.5. The molecule has 0 saturated heterocycles. The van der Waals surface area contributed by atoms with Crippen LogP contribution in [0.3, 0.4) is 0 Å². The van der Waals surface area contributed by atoms with Crippen LogP contribution in [0.1, 0.15) is 83.1 Å². The number of hydrogen-bond acceptors (Lipinski definition) is 12. The fourth-order valence-corrected chi connectivity index (χ4v) is 5.29. The summed E-state index contributed by atoms with van der Waals surface area (Å²) in [6.07, 6.45) is 0. The minimum atomic E-state index is -1.40. The molecule has 0 radical (unpaired) electrons. The van der Waals surface area contributed by atoms with Gasteiger partial charge in [0.15, 0.2) is 0 Å². The Morgan fingerprint density at radius 1 is 0.293 bits per heavy atom. The van der Waals surface area contributed by atoms with Crippen molar-refractivity contribution in [3.63, 3.8) is 0 Å². The summed E-state index contributed by atoms with van der Waals surface area (Å²) in [6.45, 7) is 30.9. The average Bonchev–Trinajstić information content (AvgIpc) is 2.92. The zero-order valence-electron chi connectivity index (χ0n) is 27.5. The molecule has 0 bridgehead atoms. The van der Waals surface area contributed by atoms with Crippen LogP contribution in [0.4, 0.5) is 0 Å². The molecule has 0 rings (SSSR count). The second kappa shape index (κ2) is 48.8. The molecule has 0 unspecified atom stereocenters. The minimum Gasteiger partial charge on any atom is -0.313 e. The maximum absolute atomic E-state index is 5.18. The predicted octanol–water partition coefficient (Wildman–Crippen LogP) is 9.02. The van der Waals surface area contributed by atoms with Crippen molar-refractivity contribution in [2.75, 3.05) is 79.3 Å². The Bertz CT molecular complexity index is 302. The summed E-state index contributed by atoms with van der Waals surface area (Å²) in [5, 5.41) is 0. The largest absolute Gasteiger partial charge is 0.397 e. The van der Waals surface area contributed by atoms with E-state index in [1.54, 1.807) is 0 Å². The second-order valence-corrected chi connectivity index (χ2v) is 11.0. The maximum Gasteiger partial charge on any atom is 0.397 e. The van der Waals surface area contributed by atoms with Gasteiger partial charge in [0.2, 0.25) is 0 Å². The first-order chi connectivity index (χ1) is 19.4. The topological polar surface area (TPSA) is 111 Å². The van der Waals surface area contributed by atoms with Gasteiger partial charge in [-0.25, -0.2) is 0 Å². The van der Waals surface area contributed by atoms with E-state index in [4.69, 9.17) is 54.3 Å². The summed E-state index contributed by atoms with van der Waals surface area (Å²) < 4.78 is 61.8. The van der Waals surface area contributed by atoms with E-state index in [-0.39, 0.29) is 21.1 Å². The van der Waals surface area contributed by atoms with Crippen LogP contribution in [0.15, 0.2) is 0 Å². The first-order valence-corrected chi connectivity index (χ1v) is 18.7. The van der Waals surface area contributed by atoms with Crippen LogP contribution in [0.25, 0.3) is 0 Å². The van der Waals surface area contributed by atoms with Gasteiger partial charge < -0.3 is 40.7 Å². The Hall–Kier alpha value is 1.93. The SMILES string of the molecule is CCOP(OCC)OCC.CCOP(OCC)OCC.CCOP(OCC)OCC.CCO[PH+](OCC)OCC.[Pt]. The molecule has 12 nitrogen and oxygen atoms in total. The average molecular weight is 861 g/mol. The van der Waals surface area contributed by atoms with Crippen molar-refractivity contribution < 1.29 is 75.4 Å². The Morgan fingerprint density at radius 2 is 0.439 bits per heavy atom. The molecule has 0 saturated carbocycles. The van der Waals surface area contributed by atoms with Crippen molar-refractivity contribution in [1.82, 2.24) is 0 Å². The first kappa shape index (κ1) is 52.5. The number of rotatable bonds is 24. The second-order valence-electron chi connectivity index (χ2n) is 5.98. The molecule has 17 heteroatoms. The van der Waals surface area contributed by atoms with Gasteiger partial charge in [0.05, 0.1) is 79.3 Å². The van der Waals surface area contributed by atoms with Gasteiger partial charge >= 0.3 is 34.4 Å². The van der Waals surface area contributed by atoms with Gasteiger partial charge in [0, 0.05) is 21.1 Å². The summed E-state index contributed by atoms with van der Waals surface area (Å²) >= 11 is 0. The first-order valence-electron chi connectivity index (χ1n) is 14.2. The van der Waals surface area contributed by atoms with Gasteiger partial charge in [0.25, 0.3) is 0 Å². The molecule has 0 N–H and O–H groups in total. The summed E-state index contributed by atoms with van der Waals surface area (Å²) in [5.74, 6) is 0. The molecule has 41 heavy (non-hydrogen) atoms. The van der Waals surface area contributed by atoms with Gasteiger partial charge in [-0.1, -0.05) is 0 Å². The van der Waals surface area contributed by atoms with E-state index in [1.165, 1.54) is 0 Å². The standard InChI is InChI=1S/C6H16O3P.3C6H15O3P.Pt/c4*1-4-7-10(8-5-2)9-6-3;/h10H,4-6H2,1-3H3;3*4-6H2,1-3H3;/q+1;;;;. The van der Waals surface area contributed by atoms with E-state index < -0.39 is 34.4 Å². The molecule has 0 heterocycles. The van der Waals surface area contributed by atoms with E-state index in [0.717, 1.165) is 0 Å². The van der Waals surface area contributed by atoms with Crippen molar-refractivity contribution in [2.24, 2.45) is 0 Å². The van der Waals surface area contributed by atoms with Crippen LogP contribution in [0.5, 0.6) is 0 Å². The zero-order chi connectivity index (χ0) is 31.3. The zero-order valence-corrected chi connectivity index (χ0v) is 33.5. The third-order valence-corrected chi connectivity index (χ3v) is 8.69. The predicted molar refractivity (Wildman–Crippen MR) is 169 cm³/mol. The van der Waals surface area contributed by atoms with Crippen LogP contribution >= 0.6 is 34.4 Å². The van der Waals surface area contributed by atoms with Crippen LogP contribution in [0.2, 0.25) is 0 Å². The van der Waals surface area contributed by atoms with Crippen molar-refractivity contribution in [1.29, 1.82) is 0 Å². The quantitative estimate of drug-likeness (QED) is 0.0865. The molecule has 0 aliphatic rings. The molecule has 0 aliphatic heterocycles. The van der Waals surface area contributed by atoms with Crippen LogP contribution in [0, 0.1) is 0 Å². The van der Waals surface area contributed by atoms with Crippen molar-refractivity contribution >= 4 is 34.4 Å². The third-order valence-electron chi connectivity index (χ3n) is 2.90. The molecular weight excluding hydrogens is 799 g/mol. The Labute approximate surface area is 271 Å². The normalized spacial score (nSPS) is 10.5. The van der Waals surface area contributed by atoms with Gasteiger partial charge in [-0.05, 0) is 83.1 Å². The molecule has 0 spiro atoms. The van der Waals surface area contributed by atoms with Crippen molar-refractivity contribution in [3.8, 4) is 0 Å². The van der Waals surface area contributed by atoms with E-state index >= 15 is 0 Å². The van der Waals surface area contributed by atoms with Gasteiger partial charge in [0.1, 0.15) is 0 Å². The molecule has 0 amide bonds. The molecule has 258 valence electrons. The molecule has 0 aliphatic carbocycles. The Morgan fingerprint density at radius 3 is 0.537 bits per heavy atom. The van der Waals surface area contributed by atoms with Crippen molar-refractivity contribution in [3.05, 3.63) is 0 Å². The summed E-state index contributed by atoms with van der Waals surface area (Å²) in [6, 6.07) is 0. The smallest absolute Gasteiger partial charge is 0.313 e. The summed E-state index contributed by atoms with van der Waals surface area (Å²) in [4.78, 5) is 0. The molecule has 0 aromatic carbocycles. The maximum atomic E-state index is 5.18. The van der Waals surface area contributed by atoms with E-state index in [9.17, 15) is 0 Å². The summed E-state index contributed by atoms with van der Waals surface area (Å²) in [5.41, 5.74) is 0. The fraction of sp³-hybridized carbons (Fsp3) is 1.00. The third kappa shape index (κ3) is 46.5. The van der Waals surface area contributed by atoms with E-state index in [0.29, 0.717) is 79.3 Å². The molecule has 0 aromatic rings. The number of hydrogen-bond donors (Lipinski definition) is 0. The van der Waals surface area contributed by atoms with Gasteiger partial charge in [-0.2, -0.15) is 13.6 Å².